The molecule has 22 heavy (non-hydrogen) atoms. The smallest absolute Gasteiger partial charge is 0.348 e. The number of ether oxygens (including phenoxy) is 1. The van der Waals surface area contributed by atoms with Crippen molar-refractivity contribution in [3.8, 4) is 5.75 Å². The van der Waals surface area contributed by atoms with E-state index in [0.717, 1.165) is 11.3 Å². The Morgan fingerprint density at radius 3 is 2.50 bits per heavy atom. The molecule has 0 bridgehead atoms. The van der Waals surface area contributed by atoms with Gasteiger partial charge >= 0.3 is 5.97 Å². The van der Waals surface area contributed by atoms with Crippen LogP contribution >= 0.6 is 11.3 Å². The molecule has 1 heterocycles. The molecule has 0 saturated carbocycles. The molecule has 0 aliphatic rings. The van der Waals surface area contributed by atoms with Crippen molar-refractivity contribution in [2.24, 2.45) is 0 Å². The minimum absolute atomic E-state index is 0.0350. The van der Waals surface area contributed by atoms with Crippen molar-refractivity contribution in [2.45, 2.75) is 11.8 Å². The normalized spacial score (nSPS) is 11.2. The Hall–Kier alpha value is -2.06. The molecule has 1 N–H and O–H groups in total. The number of carbonyl (C=O) groups is 1. The van der Waals surface area contributed by atoms with Gasteiger partial charge in [0.15, 0.2) is 0 Å². The van der Waals surface area contributed by atoms with Crippen LogP contribution in [0.1, 0.15) is 16.6 Å². The highest BCUT2D eigenvalue weighted by atomic mass is 32.2. The molecule has 0 unspecified atom stereocenters. The quantitative estimate of drug-likeness (QED) is 0.845. The number of methoxy groups -OCH3 is 1. The molecule has 2 aromatic rings. The van der Waals surface area contributed by atoms with E-state index in [2.05, 4.69) is 4.74 Å². The van der Waals surface area contributed by atoms with Crippen LogP contribution in [-0.4, -0.2) is 33.1 Å². The van der Waals surface area contributed by atoms with E-state index < -0.39 is 16.0 Å². The third kappa shape index (κ3) is 3.07. The van der Waals surface area contributed by atoms with Gasteiger partial charge in [0.25, 0.3) is 10.0 Å². The molecule has 0 amide bonds. The van der Waals surface area contributed by atoms with Gasteiger partial charge in [-0.25, -0.2) is 13.2 Å². The Kier molecular flexibility index (Phi) is 4.72. The Morgan fingerprint density at radius 2 is 1.95 bits per heavy atom. The summed E-state index contributed by atoms with van der Waals surface area (Å²) in [6.45, 7) is 1.93. The lowest BCUT2D eigenvalue weighted by Crippen LogP contribution is -2.30. The second kappa shape index (κ2) is 6.37. The number of thiophene rings is 1. The molecule has 1 aromatic heterocycles. The summed E-state index contributed by atoms with van der Waals surface area (Å²) < 4.78 is 31.2. The van der Waals surface area contributed by atoms with Gasteiger partial charge in [0, 0.05) is 11.9 Å². The number of benzene rings is 1. The average molecular weight is 341 g/mol. The summed E-state index contributed by atoms with van der Waals surface area (Å²) in [5.41, 5.74) is 0.436. The lowest BCUT2D eigenvalue weighted by atomic mass is 10.3. The van der Waals surface area contributed by atoms with Crippen LogP contribution in [0.4, 0.5) is 5.69 Å². The van der Waals surface area contributed by atoms with Gasteiger partial charge in [-0.05, 0) is 37.3 Å². The highest BCUT2D eigenvalue weighted by Crippen LogP contribution is 2.28. The van der Waals surface area contributed by atoms with Gasteiger partial charge in [-0.1, -0.05) is 0 Å². The molecule has 0 radical (unpaired) electrons. The van der Waals surface area contributed by atoms with Crippen molar-refractivity contribution in [1.29, 1.82) is 0 Å². The molecular weight excluding hydrogens is 326 g/mol. The van der Waals surface area contributed by atoms with Gasteiger partial charge in [0.1, 0.15) is 10.6 Å². The van der Waals surface area contributed by atoms with Gasteiger partial charge in [-0.2, -0.15) is 0 Å². The van der Waals surface area contributed by atoms with Crippen molar-refractivity contribution >= 4 is 33.0 Å². The van der Waals surface area contributed by atoms with Crippen LogP contribution in [0, 0.1) is 0 Å². The predicted octanol–water partition coefficient (Wildman–Crippen LogP) is 2.46. The number of sulfonamides is 1. The zero-order valence-corrected chi connectivity index (χ0v) is 13.6. The van der Waals surface area contributed by atoms with E-state index in [-0.39, 0.29) is 22.1 Å². The van der Waals surface area contributed by atoms with E-state index in [1.807, 2.05) is 0 Å². The van der Waals surface area contributed by atoms with Crippen LogP contribution < -0.4 is 4.31 Å². The SMILES string of the molecule is CCN(c1ccc(O)cc1)S(=O)(=O)c1csc(C(=O)OC)c1. The lowest BCUT2D eigenvalue weighted by molar-refractivity contribution is 0.0606. The first kappa shape index (κ1) is 16.3. The van der Waals surface area contributed by atoms with Crippen LogP contribution in [0.5, 0.6) is 5.75 Å². The fraction of sp³-hybridized carbons (Fsp3) is 0.214. The van der Waals surface area contributed by atoms with E-state index in [9.17, 15) is 18.3 Å². The summed E-state index contributed by atoms with van der Waals surface area (Å²) in [7, 11) is -2.54. The Bertz CT molecular complexity index is 765. The summed E-state index contributed by atoms with van der Waals surface area (Å²) in [5.74, 6) is -0.514. The molecule has 0 atom stereocenters. The number of esters is 1. The highest BCUT2D eigenvalue weighted by molar-refractivity contribution is 7.93. The van der Waals surface area contributed by atoms with Crippen LogP contribution in [0.25, 0.3) is 0 Å². The number of phenolic OH excluding ortho intramolecular Hbond substituents is 1. The van der Waals surface area contributed by atoms with Crippen molar-refractivity contribution in [1.82, 2.24) is 0 Å². The van der Waals surface area contributed by atoms with Gasteiger partial charge in [0.2, 0.25) is 0 Å². The first-order chi connectivity index (χ1) is 10.4. The average Bonchev–Trinajstić information content (AvgIpc) is 2.99. The number of nitrogens with zero attached hydrogens (tertiary/aromatic N) is 1. The summed E-state index contributed by atoms with van der Waals surface area (Å²) in [5, 5.41) is 10.7. The Morgan fingerprint density at radius 1 is 1.32 bits per heavy atom. The number of rotatable bonds is 5. The number of hydrogen-bond donors (Lipinski definition) is 1. The summed E-state index contributed by atoms with van der Waals surface area (Å²) >= 11 is 1.01. The fourth-order valence-electron chi connectivity index (χ4n) is 1.90. The molecule has 2 rings (SSSR count). The molecule has 0 spiro atoms. The van der Waals surface area contributed by atoms with E-state index in [1.54, 1.807) is 6.92 Å². The maximum absolute atomic E-state index is 12.7. The molecule has 8 heteroatoms. The molecule has 0 fully saturated rings. The number of carbonyl (C=O) groups excluding carboxylic acids is 1. The molecule has 118 valence electrons. The van der Waals surface area contributed by atoms with E-state index >= 15 is 0 Å². The predicted molar refractivity (Wildman–Crippen MR) is 84.0 cm³/mol. The first-order valence-corrected chi connectivity index (χ1v) is 8.70. The first-order valence-electron chi connectivity index (χ1n) is 6.38. The Balaban J connectivity index is 2.40. The van der Waals surface area contributed by atoms with Crippen LogP contribution in [0.2, 0.25) is 0 Å². The number of anilines is 1. The molecule has 0 aliphatic carbocycles. The van der Waals surface area contributed by atoms with Crippen molar-refractivity contribution in [2.75, 3.05) is 18.0 Å². The third-order valence-corrected chi connectivity index (χ3v) is 5.92. The highest BCUT2D eigenvalue weighted by Gasteiger charge is 2.26. The van der Waals surface area contributed by atoms with E-state index in [4.69, 9.17) is 0 Å². The fourth-order valence-corrected chi connectivity index (χ4v) is 4.55. The lowest BCUT2D eigenvalue weighted by Gasteiger charge is -2.22. The largest absolute Gasteiger partial charge is 0.508 e. The second-order valence-electron chi connectivity index (χ2n) is 4.32. The van der Waals surface area contributed by atoms with Gasteiger partial charge in [-0.15, -0.1) is 11.3 Å². The minimum atomic E-state index is -3.78. The second-order valence-corrected chi connectivity index (χ2v) is 7.10. The summed E-state index contributed by atoms with van der Waals surface area (Å²) in [4.78, 5) is 11.7. The third-order valence-electron chi connectivity index (χ3n) is 2.97. The van der Waals surface area contributed by atoms with Crippen LogP contribution in [-0.2, 0) is 14.8 Å². The van der Waals surface area contributed by atoms with Crippen LogP contribution in [0.15, 0.2) is 40.6 Å². The Labute approximate surface area is 132 Å². The minimum Gasteiger partial charge on any atom is -0.508 e. The van der Waals surface area contributed by atoms with Crippen molar-refractivity contribution < 1.29 is 23.1 Å². The monoisotopic (exact) mass is 341 g/mol. The summed E-state index contributed by atoms with van der Waals surface area (Å²) in [6.07, 6.45) is 0. The molecule has 0 saturated heterocycles. The molecule has 1 aromatic carbocycles. The van der Waals surface area contributed by atoms with Gasteiger partial charge in [-0.3, -0.25) is 4.31 Å². The topological polar surface area (TPSA) is 83.9 Å². The van der Waals surface area contributed by atoms with Crippen LogP contribution in [0.3, 0.4) is 0 Å². The molecule has 0 aliphatic heterocycles. The maximum atomic E-state index is 12.7. The van der Waals surface area contributed by atoms with E-state index in [0.29, 0.717) is 5.69 Å². The number of phenols is 1. The maximum Gasteiger partial charge on any atom is 0.348 e. The van der Waals surface area contributed by atoms with Gasteiger partial charge < -0.3 is 9.84 Å². The standard InChI is InChI=1S/C14H15NO5S2/c1-3-15(10-4-6-11(16)7-5-10)22(18,19)12-8-13(21-9-12)14(17)20-2/h4-9,16H,3H2,1-2H3. The number of aromatic hydroxyl groups is 1. The number of hydrogen-bond acceptors (Lipinski definition) is 6. The van der Waals surface area contributed by atoms with Crippen molar-refractivity contribution in [3.63, 3.8) is 0 Å². The zero-order chi connectivity index (χ0) is 16.3. The van der Waals surface area contributed by atoms with Gasteiger partial charge in [0.05, 0.1) is 17.7 Å². The van der Waals surface area contributed by atoms with Crippen molar-refractivity contribution in [3.05, 3.63) is 40.6 Å². The van der Waals surface area contributed by atoms with E-state index in [1.165, 1.54) is 47.1 Å². The molecule has 6 nitrogen and oxygen atoms in total. The molecular formula is C14H15NO5S2. The zero-order valence-electron chi connectivity index (χ0n) is 12.0. The summed E-state index contributed by atoms with van der Waals surface area (Å²) in [6, 6.07) is 7.17.